The van der Waals surface area contributed by atoms with E-state index in [1.54, 1.807) is 6.20 Å². The Balaban J connectivity index is 1.45. The van der Waals surface area contributed by atoms with Crippen molar-refractivity contribution < 1.29 is 14.2 Å². The summed E-state index contributed by atoms with van der Waals surface area (Å²) in [5.74, 6) is 0.463. The number of anilines is 1. The summed E-state index contributed by atoms with van der Waals surface area (Å²) in [7, 11) is 0. The van der Waals surface area contributed by atoms with E-state index in [0.29, 0.717) is 46.2 Å². The number of nitrogens with one attached hydrogen (secondary N) is 1. The summed E-state index contributed by atoms with van der Waals surface area (Å²) >= 11 is 6.64. The normalized spacial score (nSPS) is 20.6. The van der Waals surface area contributed by atoms with Crippen LogP contribution in [0.1, 0.15) is 79.1 Å². The standard InChI is InChI=1S/C37H47ClFN5O2/c1-5-8-17-37(22-45,23(4)6-2)18-27(7-3)46-36-42-34-29(35(43-36)44-20-25-15-16-26(21-44)41-25)19-40-33(32(34)39)28-13-9-11-24-12-10-14-30(38)31(24)28/h9-14,19,23,25-27,41,45H,5-8,15-18,20-22H2,1-4H3. The third kappa shape index (κ3) is 6.28. The molecule has 0 radical (unpaired) electrons. The minimum atomic E-state index is -0.517. The van der Waals surface area contributed by atoms with E-state index in [1.165, 1.54) is 0 Å². The molecule has 4 aromatic rings. The van der Waals surface area contributed by atoms with Crippen molar-refractivity contribution in [2.75, 3.05) is 24.6 Å². The smallest absolute Gasteiger partial charge is 0.319 e. The molecule has 2 bridgehead atoms. The summed E-state index contributed by atoms with van der Waals surface area (Å²) in [5.41, 5.74) is 0.744. The highest BCUT2D eigenvalue weighted by Crippen LogP contribution is 2.42. The molecule has 2 fully saturated rings. The number of unbranched alkanes of at least 4 members (excludes halogenated alkanes) is 1. The number of nitrogens with zero attached hydrogens (tertiary/aromatic N) is 4. The third-order valence-electron chi connectivity index (χ3n) is 10.6. The maximum atomic E-state index is 16.8. The van der Waals surface area contributed by atoms with E-state index in [2.05, 4.69) is 42.9 Å². The number of benzene rings is 2. The van der Waals surface area contributed by atoms with Gasteiger partial charge in [0.1, 0.15) is 23.1 Å². The van der Waals surface area contributed by atoms with Crippen molar-refractivity contribution in [1.82, 2.24) is 20.3 Å². The third-order valence-corrected chi connectivity index (χ3v) is 10.9. The van der Waals surface area contributed by atoms with Gasteiger partial charge in [0, 0.05) is 53.9 Å². The van der Waals surface area contributed by atoms with Crippen LogP contribution in [0.3, 0.4) is 0 Å². The van der Waals surface area contributed by atoms with Crippen LogP contribution in [-0.4, -0.2) is 57.9 Å². The quantitative estimate of drug-likeness (QED) is 0.151. The Labute approximate surface area is 276 Å². The first-order valence-corrected chi connectivity index (χ1v) is 17.5. The molecule has 5 atom stereocenters. The predicted molar refractivity (Wildman–Crippen MR) is 185 cm³/mol. The second kappa shape index (κ2) is 14.0. The number of fused-ring (bicyclic) bond motifs is 4. The van der Waals surface area contributed by atoms with Gasteiger partial charge in [0.25, 0.3) is 0 Å². The lowest BCUT2D eigenvalue weighted by Crippen LogP contribution is -2.51. The van der Waals surface area contributed by atoms with E-state index < -0.39 is 5.82 Å². The number of aromatic nitrogens is 3. The molecule has 0 aliphatic carbocycles. The van der Waals surface area contributed by atoms with E-state index in [1.807, 2.05) is 36.4 Å². The van der Waals surface area contributed by atoms with Gasteiger partial charge in [0.05, 0.1) is 5.39 Å². The Bertz CT molecular complexity index is 1670. The second-order valence-corrected chi connectivity index (χ2v) is 13.9. The number of rotatable bonds is 13. The Morgan fingerprint density at radius 1 is 1.09 bits per heavy atom. The molecular formula is C37H47ClFN5O2. The zero-order chi connectivity index (χ0) is 32.4. The van der Waals surface area contributed by atoms with Gasteiger partial charge in [-0.1, -0.05) is 88.9 Å². The summed E-state index contributed by atoms with van der Waals surface area (Å²) in [4.78, 5) is 16.6. The second-order valence-electron chi connectivity index (χ2n) is 13.5. The first kappa shape index (κ1) is 32.9. The topological polar surface area (TPSA) is 83.4 Å². The predicted octanol–water partition coefficient (Wildman–Crippen LogP) is 8.34. The molecule has 2 aliphatic heterocycles. The van der Waals surface area contributed by atoms with Crippen molar-refractivity contribution in [3.8, 4) is 17.3 Å². The van der Waals surface area contributed by atoms with Crippen molar-refractivity contribution in [3.05, 3.63) is 53.4 Å². The maximum absolute atomic E-state index is 16.8. The van der Waals surface area contributed by atoms with Crippen LogP contribution in [0.5, 0.6) is 6.01 Å². The van der Waals surface area contributed by atoms with Crippen LogP contribution in [0.4, 0.5) is 10.2 Å². The van der Waals surface area contributed by atoms with Gasteiger partial charge in [-0.15, -0.1) is 0 Å². The van der Waals surface area contributed by atoms with Crippen LogP contribution in [-0.2, 0) is 0 Å². The molecule has 0 amide bonds. The Hall–Kier alpha value is -3.07. The molecule has 0 spiro atoms. The molecule has 2 aromatic carbocycles. The van der Waals surface area contributed by atoms with Crippen molar-refractivity contribution in [1.29, 1.82) is 0 Å². The van der Waals surface area contributed by atoms with Gasteiger partial charge < -0.3 is 20.1 Å². The molecule has 5 unspecified atom stereocenters. The monoisotopic (exact) mass is 647 g/mol. The molecule has 2 saturated heterocycles. The SMILES string of the molecule is CCCCC(CO)(CC(CC)Oc1nc(N2CC3CCC(C2)N3)c2cnc(-c3cccc4cccc(Cl)c34)c(F)c2n1)C(C)CC. The summed E-state index contributed by atoms with van der Waals surface area (Å²) in [6, 6.07) is 12.3. The van der Waals surface area contributed by atoms with Crippen LogP contribution in [0.15, 0.2) is 42.6 Å². The zero-order valence-electron chi connectivity index (χ0n) is 27.5. The van der Waals surface area contributed by atoms with E-state index in [0.717, 1.165) is 68.8 Å². The van der Waals surface area contributed by atoms with Crippen molar-refractivity contribution in [3.63, 3.8) is 0 Å². The highest BCUT2D eigenvalue weighted by Gasteiger charge is 2.38. The minimum absolute atomic E-state index is 0.104. The van der Waals surface area contributed by atoms with E-state index in [4.69, 9.17) is 26.3 Å². The van der Waals surface area contributed by atoms with E-state index in [9.17, 15) is 5.11 Å². The van der Waals surface area contributed by atoms with Gasteiger partial charge >= 0.3 is 6.01 Å². The molecule has 46 heavy (non-hydrogen) atoms. The van der Waals surface area contributed by atoms with Gasteiger partial charge in [-0.05, 0) is 54.9 Å². The molecule has 6 rings (SSSR count). The number of hydrogen-bond acceptors (Lipinski definition) is 7. The lowest BCUT2D eigenvalue weighted by atomic mass is 9.68. The highest BCUT2D eigenvalue weighted by molar-refractivity contribution is 6.36. The average molecular weight is 648 g/mol. The zero-order valence-corrected chi connectivity index (χ0v) is 28.3. The fraction of sp³-hybridized carbons (Fsp3) is 0.541. The lowest BCUT2D eigenvalue weighted by Gasteiger charge is -2.40. The van der Waals surface area contributed by atoms with Gasteiger partial charge in [0.2, 0.25) is 0 Å². The van der Waals surface area contributed by atoms with Crippen molar-refractivity contribution in [2.45, 2.75) is 97.2 Å². The fourth-order valence-electron chi connectivity index (χ4n) is 7.65. The Kier molecular flexibility index (Phi) is 9.97. The molecule has 7 nitrogen and oxygen atoms in total. The highest BCUT2D eigenvalue weighted by atomic mass is 35.5. The lowest BCUT2D eigenvalue weighted by molar-refractivity contribution is 0.00533. The summed E-state index contributed by atoms with van der Waals surface area (Å²) in [5, 5.41) is 17.2. The first-order chi connectivity index (χ1) is 22.3. The molecule has 2 N–H and O–H groups in total. The number of piperazine rings is 1. The average Bonchev–Trinajstić information content (AvgIpc) is 3.42. The van der Waals surface area contributed by atoms with Crippen molar-refractivity contribution in [2.24, 2.45) is 11.3 Å². The van der Waals surface area contributed by atoms with Crippen LogP contribution >= 0.6 is 11.6 Å². The number of aliphatic hydroxyl groups is 1. The maximum Gasteiger partial charge on any atom is 0.319 e. The summed E-state index contributed by atoms with van der Waals surface area (Å²) in [6.07, 6.45) is 9.11. The van der Waals surface area contributed by atoms with E-state index >= 15 is 4.39 Å². The first-order valence-electron chi connectivity index (χ1n) is 17.1. The van der Waals surface area contributed by atoms with Crippen LogP contribution in [0, 0.1) is 17.2 Å². The van der Waals surface area contributed by atoms with Gasteiger partial charge in [0.15, 0.2) is 5.82 Å². The Morgan fingerprint density at radius 2 is 1.83 bits per heavy atom. The van der Waals surface area contributed by atoms with Crippen molar-refractivity contribution >= 4 is 39.1 Å². The summed E-state index contributed by atoms with van der Waals surface area (Å²) < 4.78 is 23.4. The number of halogens is 2. The minimum Gasteiger partial charge on any atom is -0.460 e. The fourth-order valence-corrected chi connectivity index (χ4v) is 7.93. The number of hydrogen-bond donors (Lipinski definition) is 2. The van der Waals surface area contributed by atoms with Crippen LogP contribution in [0.2, 0.25) is 5.02 Å². The Morgan fingerprint density at radius 3 is 2.50 bits per heavy atom. The van der Waals surface area contributed by atoms with Gasteiger partial charge in [-0.3, -0.25) is 4.98 Å². The molecule has 0 saturated carbocycles. The van der Waals surface area contributed by atoms with E-state index in [-0.39, 0.29) is 35.3 Å². The molecule has 9 heteroatoms. The molecular weight excluding hydrogens is 601 g/mol. The molecule has 4 heterocycles. The molecule has 2 aromatic heterocycles. The summed E-state index contributed by atoms with van der Waals surface area (Å²) in [6.45, 7) is 10.3. The van der Waals surface area contributed by atoms with Gasteiger partial charge in [-0.25, -0.2) is 4.39 Å². The largest absolute Gasteiger partial charge is 0.460 e. The number of pyridine rings is 1. The molecule has 246 valence electrons. The van der Waals surface area contributed by atoms with Crippen LogP contribution < -0.4 is 15.0 Å². The molecule has 2 aliphatic rings. The van der Waals surface area contributed by atoms with Crippen LogP contribution in [0.25, 0.3) is 32.9 Å². The van der Waals surface area contributed by atoms with Gasteiger partial charge in [-0.2, -0.15) is 9.97 Å². The number of aliphatic hydroxyl groups excluding tert-OH is 1. The number of ether oxygens (including phenoxy) is 1.